The van der Waals surface area contributed by atoms with Crippen LogP contribution in [0.4, 0.5) is 14.6 Å². The van der Waals surface area contributed by atoms with Gasteiger partial charge < -0.3 is 10.2 Å². The van der Waals surface area contributed by atoms with Crippen molar-refractivity contribution < 1.29 is 8.78 Å². The third-order valence-corrected chi connectivity index (χ3v) is 5.13. The van der Waals surface area contributed by atoms with E-state index in [2.05, 4.69) is 20.4 Å². The van der Waals surface area contributed by atoms with Crippen LogP contribution in [0.25, 0.3) is 22.2 Å². The lowest BCUT2D eigenvalue weighted by Gasteiger charge is -2.27. The molecule has 0 radical (unpaired) electrons. The standard InChI is InChI=1S/C18H18F2N6/c19-12-3-4-25(10-12)16-2-1-15-18(24-16)17(14(20)8-22-15)11-5-23-26(9-11)13-6-21-7-13/h1-2,5,8-9,12-13,21H,3-4,6-7,10H2. The lowest BCUT2D eigenvalue weighted by molar-refractivity contribution is 0.318. The average molecular weight is 356 g/mol. The van der Waals surface area contributed by atoms with Crippen LogP contribution in [0.2, 0.25) is 0 Å². The van der Waals surface area contributed by atoms with Gasteiger partial charge in [-0.15, -0.1) is 0 Å². The lowest BCUT2D eigenvalue weighted by atomic mass is 10.1. The van der Waals surface area contributed by atoms with Crippen LogP contribution in [0.15, 0.2) is 30.7 Å². The largest absolute Gasteiger partial charge is 0.354 e. The predicted molar refractivity (Wildman–Crippen MR) is 94.3 cm³/mol. The van der Waals surface area contributed by atoms with Gasteiger partial charge in [-0.25, -0.2) is 13.8 Å². The Bertz CT molecular complexity index is 967. The van der Waals surface area contributed by atoms with E-state index in [9.17, 15) is 8.78 Å². The molecule has 1 atom stereocenters. The Morgan fingerprint density at radius 1 is 1.19 bits per heavy atom. The van der Waals surface area contributed by atoms with Crippen LogP contribution >= 0.6 is 0 Å². The highest BCUT2D eigenvalue weighted by molar-refractivity contribution is 5.92. The van der Waals surface area contributed by atoms with Gasteiger partial charge in [0.05, 0.1) is 36.1 Å². The first-order valence-corrected chi connectivity index (χ1v) is 8.78. The summed E-state index contributed by atoms with van der Waals surface area (Å²) in [5.74, 6) is 0.222. The van der Waals surface area contributed by atoms with Gasteiger partial charge in [-0.2, -0.15) is 5.10 Å². The third kappa shape index (κ3) is 2.52. The molecule has 134 valence electrons. The molecule has 1 unspecified atom stereocenters. The molecular weight excluding hydrogens is 338 g/mol. The fourth-order valence-corrected chi connectivity index (χ4v) is 3.54. The number of nitrogens with one attached hydrogen (secondary N) is 1. The molecule has 2 aliphatic heterocycles. The van der Waals surface area contributed by atoms with Crippen molar-refractivity contribution in [3.63, 3.8) is 0 Å². The van der Waals surface area contributed by atoms with E-state index in [0.717, 1.165) is 13.1 Å². The molecule has 1 N–H and O–H groups in total. The highest BCUT2D eigenvalue weighted by Crippen LogP contribution is 2.31. The second kappa shape index (κ2) is 5.98. The first-order chi connectivity index (χ1) is 12.7. The zero-order valence-electron chi connectivity index (χ0n) is 14.1. The van der Waals surface area contributed by atoms with Crippen molar-refractivity contribution in [1.82, 2.24) is 25.1 Å². The zero-order valence-corrected chi connectivity index (χ0v) is 14.1. The van der Waals surface area contributed by atoms with Crippen molar-refractivity contribution in [3.8, 4) is 11.1 Å². The number of aromatic nitrogens is 4. The van der Waals surface area contributed by atoms with E-state index in [1.54, 1.807) is 6.20 Å². The number of pyridine rings is 2. The molecule has 6 nitrogen and oxygen atoms in total. The van der Waals surface area contributed by atoms with Crippen molar-refractivity contribution in [2.45, 2.75) is 18.6 Å². The van der Waals surface area contributed by atoms with Crippen molar-refractivity contribution in [2.75, 3.05) is 31.1 Å². The second-order valence-electron chi connectivity index (χ2n) is 6.87. The van der Waals surface area contributed by atoms with Crippen LogP contribution < -0.4 is 10.2 Å². The molecule has 0 aliphatic carbocycles. The molecule has 2 saturated heterocycles. The second-order valence-corrected chi connectivity index (χ2v) is 6.87. The first-order valence-electron chi connectivity index (χ1n) is 8.78. The third-order valence-electron chi connectivity index (χ3n) is 5.13. The summed E-state index contributed by atoms with van der Waals surface area (Å²) in [4.78, 5) is 10.7. The van der Waals surface area contributed by atoms with Crippen LogP contribution in [0, 0.1) is 5.82 Å². The van der Waals surface area contributed by atoms with E-state index >= 15 is 0 Å². The summed E-state index contributed by atoms with van der Waals surface area (Å²) in [7, 11) is 0. The maximum absolute atomic E-state index is 14.7. The Balaban J connectivity index is 1.60. The maximum Gasteiger partial charge on any atom is 0.151 e. The van der Waals surface area contributed by atoms with Crippen LogP contribution in [-0.4, -0.2) is 52.1 Å². The summed E-state index contributed by atoms with van der Waals surface area (Å²) in [5, 5.41) is 7.57. The van der Waals surface area contributed by atoms with Gasteiger partial charge in [-0.3, -0.25) is 9.67 Å². The zero-order chi connectivity index (χ0) is 17.7. The number of rotatable bonds is 3. The summed E-state index contributed by atoms with van der Waals surface area (Å²) in [6.45, 7) is 2.67. The molecule has 0 spiro atoms. The topological polar surface area (TPSA) is 58.9 Å². The molecule has 5 rings (SSSR count). The van der Waals surface area contributed by atoms with Gasteiger partial charge in [0.1, 0.15) is 17.5 Å². The minimum Gasteiger partial charge on any atom is -0.354 e. The van der Waals surface area contributed by atoms with E-state index in [1.807, 2.05) is 27.9 Å². The van der Waals surface area contributed by atoms with Gasteiger partial charge in [0, 0.05) is 31.4 Å². The Morgan fingerprint density at radius 3 is 2.81 bits per heavy atom. The number of alkyl halides is 1. The van der Waals surface area contributed by atoms with Gasteiger partial charge in [-0.1, -0.05) is 0 Å². The first kappa shape index (κ1) is 15.6. The van der Waals surface area contributed by atoms with E-state index in [0.29, 0.717) is 53.5 Å². The summed E-state index contributed by atoms with van der Waals surface area (Å²) in [5.41, 5.74) is 2.16. The lowest BCUT2D eigenvalue weighted by Crippen LogP contribution is -2.43. The fourth-order valence-electron chi connectivity index (χ4n) is 3.54. The number of fused-ring (bicyclic) bond motifs is 1. The van der Waals surface area contributed by atoms with E-state index < -0.39 is 12.0 Å². The molecule has 2 fully saturated rings. The molecule has 8 heteroatoms. The van der Waals surface area contributed by atoms with Crippen LogP contribution in [0.1, 0.15) is 12.5 Å². The highest BCUT2D eigenvalue weighted by Gasteiger charge is 2.25. The molecule has 26 heavy (non-hydrogen) atoms. The van der Waals surface area contributed by atoms with Crippen molar-refractivity contribution in [2.24, 2.45) is 0 Å². The van der Waals surface area contributed by atoms with Crippen LogP contribution in [-0.2, 0) is 0 Å². The monoisotopic (exact) mass is 356 g/mol. The number of hydrogen-bond donors (Lipinski definition) is 1. The molecule has 5 heterocycles. The Morgan fingerprint density at radius 2 is 2.08 bits per heavy atom. The molecule has 0 amide bonds. The Hall–Kier alpha value is -2.61. The maximum atomic E-state index is 14.7. The van der Waals surface area contributed by atoms with E-state index in [1.165, 1.54) is 6.20 Å². The molecule has 0 bridgehead atoms. The molecule has 3 aromatic heterocycles. The number of hydrogen-bond acceptors (Lipinski definition) is 5. The quantitative estimate of drug-likeness (QED) is 0.781. The summed E-state index contributed by atoms with van der Waals surface area (Å²) in [6.07, 6.45) is 4.39. The van der Waals surface area contributed by atoms with Crippen molar-refractivity contribution in [3.05, 3.63) is 36.5 Å². The molecule has 2 aliphatic rings. The average Bonchev–Trinajstić information content (AvgIpc) is 3.22. The SMILES string of the molecule is Fc1cnc2ccc(N3CCC(F)C3)nc2c1-c1cnn(C2CNC2)c1. The minimum absolute atomic E-state index is 0.300. The minimum atomic E-state index is -0.841. The number of halogens is 2. The summed E-state index contributed by atoms with van der Waals surface area (Å²) in [6, 6.07) is 3.93. The van der Waals surface area contributed by atoms with Crippen molar-refractivity contribution >= 4 is 16.9 Å². The van der Waals surface area contributed by atoms with Gasteiger partial charge in [0.2, 0.25) is 0 Å². The summed E-state index contributed by atoms with van der Waals surface area (Å²) >= 11 is 0. The van der Waals surface area contributed by atoms with Crippen LogP contribution in [0.5, 0.6) is 0 Å². The number of nitrogens with zero attached hydrogens (tertiary/aromatic N) is 5. The Labute approximate surface area is 148 Å². The molecule has 0 saturated carbocycles. The smallest absolute Gasteiger partial charge is 0.151 e. The summed E-state index contributed by atoms with van der Waals surface area (Å²) < 4.78 is 30.1. The van der Waals surface area contributed by atoms with Gasteiger partial charge in [0.15, 0.2) is 5.82 Å². The fraction of sp³-hybridized carbons (Fsp3) is 0.389. The normalized spacial score (nSPS) is 20.7. The Kier molecular flexibility index (Phi) is 3.59. The van der Waals surface area contributed by atoms with Gasteiger partial charge in [-0.05, 0) is 18.6 Å². The molecule has 0 aromatic carbocycles. The van der Waals surface area contributed by atoms with Crippen LogP contribution in [0.3, 0.4) is 0 Å². The van der Waals surface area contributed by atoms with Gasteiger partial charge >= 0.3 is 0 Å². The van der Waals surface area contributed by atoms with Crippen molar-refractivity contribution in [1.29, 1.82) is 0 Å². The molecular formula is C18H18F2N6. The molecule has 3 aromatic rings. The highest BCUT2D eigenvalue weighted by atomic mass is 19.1. The van der Waals surface area contributed by atoms with E-state index in [-0.39, 0.29) is 0 Å². The predicted octanol–water partition coefficient (Wildman–Crippen LogP) is 2.32. The van der Waals surface area contributed by atoms with Gasteiger partial charge in [0.25, 0.3) is 0 Å². The van der Waals surface area contributed by atoms with E-state index in [4.69, 9.17) is 0 Å². The number of anilines is 1.